The first kappa shape index (κ1) is 14.3. The van der Waals surface area contributed by atoms with Gasteiger partial charge in [0.05, 0.1) is 19.3 Å². The zero-order chi connectivity index (χ0) is 13.5. The van der Waals surface area contributed by atoms with Crippen molar-refractivity contribution in [1.29, 1.82) is 0 Å². The number of methoxy groups -OCH3 is 1. The summed E-state index contributed by atoms with van der Waals surface area (Å²) in [5.41, 5.74) is 6.64. The molecule has 0 aromatic heterocycles. The van der Waals surface area contributed by atoms with Gasteiger partial charge in [-0.3, -0.25) is 4.79 Å². The molecule has 0 bridgehead atoms. The lowest BCUT2D eigenvalue weighted by molar-refractivity contribution is 0.0873. The van der Waals surface area contributed by atoms with Crippen molar-refractivity contribution in [2.75, 3.05) is 26.1 Å². The van der Waals surface area contributed by atoms with Crippen LogP contribution in [0.25, 0.3) is 0 Å². The summed E-state index contributed by atoms with van der Waals surface area (Å²) in [7, 11) is 1.55. The lowest BCUT2D eigenvalue weighted by Crippen LogP contribution is -2.36. The zero-order valence-corrected chi connectivity index (χ0v) is 11.0. The van der Waals surface area contributed by atoms with Crippen LogP contribution in [0.3, 0.4) is 0 Å². The predicted octanol–water partition coefficient (Wildman–Crippen LogP) is 1.43. The van der Waals surface area contributed by atoms with E-state index in [0.717, 1.165) is 0 Å². The van der Waals surface area contributed by atoms with E-state index in [9.17, 15) is 4.79 Å². The maximum atomic E-state index is 12.0. The van der Waals surface area contributed by atoms with E-state index in [0.29, 0.717) is 30.2 Å². The minimum Gasteiger partial charge on any atom is -0.497 e. The summed E-state index contributed by atoms with van der Waals surface area (Å²) in [6.45, 7) is 4.91. The number of nitrogens with two attached hydrogens (primary N) is 1. The highest BCUT2D eigenvalue weighted by Crippen LogP contribution is 2.19. The van der Waals surface area contributed by atoms with Crippen molar-refractivity contribution in [1.82, 2.24) is 5.32 Å². The molecule has 5 nitrogen and oxygen atoms in total. The van der Waals surface area contributed by atoms with Crippen molar-refractivity contribution in [3.05, 3.63) is 23.8 Å². The van der Waals surface area contributed by atoms with Crippen LogP contribution in [0, 0.1) is 0 Å². The van der Waals surface area contributed by atoms with Gasteiger partial charge in [0.25, 0.3) is 5.91 Å². The van der Waals surface area contributed by atoms with Crippen LogP contribution in [0.1, 0.15) is 24.2 Å². The van der Waals surface area contributed by atoms with Crippen LogP contribution in [-0.2, 0) is 4.74 Å². The Morgan fingerprint density at radius 3 is 2.78 bits per heavy atom. The van der Waals surface area contributed by atoms with E-state index in [2.05, 4.69) is 5.32 Å². The molecule has 0 fully saturated rings. The van der Waals surface area contributed by atoms with Crippen LogP contribution in [0.5, 0.6) is 5.75 Å². The number of ether oxygens (including phenoxy) is 2. The highest BCUT2D eigenvalue weighted by atomic mass is 16.5. The highest BCUT2D eigenvalue weighted by molar-refractivity contribution is 5.99. The monoisotopic (exact) mass is 252 g/mol. The van der Waals surface area contributed by atoms with Gasteiger partial charge in [-0.15, -0.1) is 0 Å². The summed E-state index contributed by atoms with van der Waals surface area (Å²) in [5, 5.41) is 2.82. The second-order valence-corrected chi connectivity index (χ2v) is 3.99. The quantitative estimate of drug-likeness (QED) is 0.751. The Morgan fingerprint density at radius 2 is 2.22 bits per heavy atom. The van der Waals surface area contributed by atoms with E-state index in [1.807, 2.05) is 13.8 Å². The van der Waals surface area contributed by atoms with Crippen molar-refractivity contribution in [2.24, 2.45) is 0 Å². The molecule has 1 aromatic carbocycles. The number of carbonyl (C=O) groups is 1. The molecule has 0 aliphatic carbocycles. The van der Waals surface area contributed by atoms with Crippen molar-refractivity contribution >= 4 is 11.6 Å². The van der Waals surface area contributed by atoms with Crippen molar-refractivity contribution in [2.45, 2.75) is 19.9 Å². The molecule has 0 heterocycles. The normalized spacial score (nSPS) is 11.9. The van der Waals surface area contributed by atoms with Gasteiger partial charge in [-0.05, 0) is 26.0 Å². The Hall–Kier alpha value is -1.75. The molecule has 0 saturated heterocycles. The lowest BCUT2D eigenvalue weighted by atomic mass is 10.1. The first-order chi connectivity index (χ1) is 8.58. The van der Waals surface area contributed by atoms with Crippen LogP contribution in [0.4, 0.5) is 5.69 Å². The van der Waals surface area contributed by atoms with Gasteiger partial charge < -0.3 is 20.5 Å². The third kappa shape index (κ3) is 3.92. The van der Waals surface area contributed by atoms with Gasteiger partial charge in [0.2, 0.25) is 0 Å². The lowest BCUT2D eigenvalue weighted by Gasteiger charge is -2.14. The van der Waals surface area contributed by atoms with Crippen LogP contribution in [0.2, 0.25) is 0 Å². The summed E-state index contributed by atoms with van der Waals surface area (Å²) >= 11 is 0. The van der Waals surface area contributed by atoms with Gasteiger partial charge in [-0.25, -0.2) is 0 Å². The summed E-state index contributed by atoms with van der Waals surface area (Å²) < 4.78 is 10.3. The summed E-state index contributed by atoms with van der Waals surface area (Å²) in [5.74, 6) is 0.425. The third-order valence-corrected chi connectivity index (χ3v) is 2.45. The van der Waals surface area contributed by atoms with Crippen molar-refractivity contribution < 1.29 is 14.3 Å². The second-order valence-electron chi connectivity index (χ2n) is 3.99. The standard InChI is InChI=1S/C13H20N2O3/c1-4-18-8-9(2)15-13(16)11-6-5-10(17-3)7-12(11)14/h5-7,9H,4,8,14H2,1-3H3,(H,15,16). The van der Waals surface area contributed by atoms with E-state index in [1.165, 1.54) is 0 Å². The van der Waals surface area contributed by atoms with Crippen molar-refractivity contribution in [3.63, 3.8) is 0 Å². The van der Waals surface area contributed by atoms with E-state index >= 15 is 0 Å². The molecule has 0 spiro atoms. The number of hydrogen-bond donors (Lipinski definition) is 2. The number of anilines is 1. The Balaban J connectivity index is 2.66. The number of nitrogens with one attached hydrogen (secondary N) is 1. The Kier molecular flexibility index (Phi) is 5.45. The van der Waals surface area contributed by atoms with Crippen LogP contribution in [0.15, 0.2) is 18.2 Å². The molecule has 1 atom stereocenters. The van der Waals surface area contributed by atoms with Gasteiger partial charge in [-0.2, -0.15) is 0 Å². The number of benzene rings is 1. The van der Waals surface area contributed by atoms with Gasteiger partial charge >= 0.3 is 0 Å². The summed E-state index contributed by atoms with van der Waals surface area (Å²) in [6.07, 6.45) is 0. The number of carbonyl (C=O) groups excluding carboxylic acids is 1. The fourth-order valence-electron chi connectivity index (χ4n) is 1.51. The molecule has 5 heteroatoms. The third-order valence-electron chi connectivity index (χ3n) is 2.45. The fourth-order valence-corrected chi connectivity index (χ4v) is 1.51. The summed E-state index contributed by atoms with van der Waals surface area (Å²) in [6, 6.07) is 4.93. The average molecular weight is 252 g/mol. The van der Waals surface area contributed by atoms with E-state index < -0.39 is 0 Å². The van der Waals surface area contributed by atoms with E-state index in [4.69, 9.17) is 15.2 Å². The molecular weight excluding hydrogens is 232 g/mol. The molecule has 1 unspecified atom stereocenters. The summed E-state index contributed by atoms with van der Waals surface area (Å²) in [4.78, 5) is 12.0. The second kappa shape index (κ2) is 6.86. The van der Waals surface area contributed by atoms with E-state index in [-0.39, 0.29) is 11.9 Å². The molecule has 18 heavy (non-hydrogen) atoms. The minimum atomic E-state index is -0.206. The van der Waals surface area contributed by atoms with Crippen LogP contribution in [-0.4, -0.2) is 32.3 Å². The van der Waals surface area contributed by atoms with Gasteiger partial charge in [0.1, 0.15) is 5.75 Å². The molecule has 0 saturated carbocycles. The fraction of sp³-hybridized carbons (Fsp3) is 0.462. The van der Waals surface area contributed by atoms with Crippen molar-refractivity contribution in [3.8, 4) is 5.75 Å². The van der Waals surface area contributed by atoms with E-state index in [1.54, 1.807) is 25.3 Å². The minimum absolute atomic E-state index is 0.0565. The SMILES string of the molecule is CCOCC(C)NC(=O)c1ccc(OC)cc1N. The molecular formula is C13H20N2O3. The van der Waals surface area contributed by atoms with Gasteiger partial charge in [0.15, 0.2) is 0 Å². The number of hydrogen-bond acceptors (Lipinski definition) is 4. The number of amides is 1. The molecule has 1 rings (SSSR count). The first-order valence-electron chi connectivity index (χ1n) is 5.90. The number of rotatable bonds is 6. The maximum Gasteiger partial charge on any atom is 0.253 e. The molecule has 0 radical (unpaired) electrons. The van der Waals surface area contributed by atoms with Gasteiger partial charge in [-0.1, -0.05) is 0 Å². The number of nitrogen functional groups attached to an aromatic ring is 1. The Morgan fingerprint density at radius 1 is 1.50 bits per heavy atom. The van der Waals surface area contributed by atoms with Crippen LogP contribution >= 0.6 is 0 Å². The van der Waals surface area contributed by atoms with Gasteiger partial charge in [0, 0.05) is 24.4 Å². The average Bonchev–Trinajstić information content (AvgIpc) is 2.35. The largest absolute Gasteiger partial charge is 0.497 e. The molecule has 1 amide bonds. The smallest absolute Gasteiger partial charge is 0.253 e. The molecule has 1 aromatic rings. The highest BCUT2D eigenvalue weighted by Gasteiger charge is 2.13. The zero-order valence-electron chi connectivity index (χ0n) is 11.0. The molecule has 3 N–H and O–H groups in total. The molecule has 100 valence electrons. The first-order valence-corrected chi connectivity index (χ1v) is 5.90. The predicted molar refractivity (Wildman–Crippen MR) is 70.8 cm³/mol. The molecule has 0 aliphatic rings. The van der Waals surface area contributed by atoms with Crippen LogP contribution < -0.4 is 15.8 Å². The topological polar surface area (TPSA) is 73.6 Å². The Bertz CT molecular complexity index is 407. The Labute approximate surface area is 107 Å². The maximum absolute atomic E-state index is 12.0. The molecule has 0 aliphatic heterocycles.